The van der Waals surface area contributed by atoms with Crippen LogP contribution in [-0.2, 0) is 25.7 Å². The molecule has 0 saturated heterocycles. The maximum absolute atomic E-state index is 11.9. The molecule has 8 heteroatoms. The second kappa shape index (κ2) is 10.6. The predicted octanol–water partition coefficient (Wildman–Crippen LogP) is 1.12. The van der Waals surface area contributed by atoms with Gasteiger partial charge in [-0.05, 0) is 18.9 Å². The van der Waals surface area contributed by atoms with Crippen molar-refractivity contribution in [1.82, 2.24) is 10.6 Å². The predicted molar refractivity (Wildman–Crippen MR) is 88.0 cm³/mol. The van der Waals surface area contributed by atoms with Crippen LogP contribution in [0.4, 0.5) is 4.79 Å². The lowest BCUT2D eigenvalue weighted by Gasteiger charge is -2.17. The summed E-state index contributed by atoms with van der Waals surface area (Å²) in [5.41, 5.74) is 0.818. The maximum atomic E-state index is 11.9. The Bertz CT molecular complexity index is 627. The maximum Gasteiger partial charge on any atom is 0.407 e. The Morgan fingerprint density at radius 3 is 2.52 bits per heavy atom. The Morgan fingerprint density at radius 2 is 1.92 bits per heavy atom. The molecule has 0 bridgehead atoms. The Morgan fingerprint density at radius 1 is 1.24 bits per heavy atom. The summed E-state index contributed by atoms with van der Waals surface area (Å²) in [6.07, 6.45) is -0.632. The minimum absolute atomic E-state index is 0.0821. The van der Waals surface area contributed by atoms with Gasteiger partial charge in [0.25, 0.3) is 0 Å². The third-order valence-electron chi connectivity index (χ3n) is 3.24. The molecule has 8 nitrogen and oxygen atoms in total. The van der Waals surface area contributed by atoms with E-state index in [0.717, 1.165) is 5.56 Å². The van der Waals surface area contributed by atoms with Gasteiger partial charge in [-0.15, -0.1) is 0 Å². The topological polar surface area (TPSA) is 118 Å². The second-order valence-electron chi connectivity index (χ2n) is 5.32. The SMILES string of the molecule is COC(=O)[C@H](C[C@@H](C)C#N)NC(=O)CNC(=O)OCc1ccccc1. The molecule has 1 rings (SSSR count). The van der Waals surface area contributed by atoms with Crippen molar-refractivity contribution in [1.29, 1.82) is 5.26 Å². The fourth-order valence-electron chi connectivity index (χ4n) is 1.93. The minimum Gasteiger partial charge on any atom is -0.467 e. The largest absolute Gasteiger partial charge is 0.467 e. The summed E-state index contributed by atoms with van der Waals surface area (Å²) in [5, 5.41) is 13.5. The van der Waals surface area contributed by atoms with Gasteiger partial charge in [0.2, 0.25) is 5.91 Å². The highest BCUT2D eigenvalue weighted by molar-refractivity contribution is 5.87. The molecule has 2 amide bonds. The fourth-order valence-corrected chi connectivity index (χ4v) is 1.93. The average Bonchev–Trinajstić information content (AvgIpc) is 2.64. The summed E-state index contributed by atoms with van der Waals surface area (Å²) >= 11 is 0. The molecule has 0 heterocycles. The highest BCUT2D eigenvalue weighted by Gasteiger charge is 2.24. The number of benzene rings is 1. The molecule has 0 aliphatic carbocycles. The van der Waals surface area contributed by atoms with Crippen LogP contribution in [0.15, 0.2) is 30.3 Å². The zero-order chi connectivity index (χ0) is 18.7. The molecule has 25 heavy (non-hydrogen) atoms. The lowest BCUT2D eigenvalue weighted by atomic mass is 10.0. The number of methoxy groups -OCH3 is 1. The number of alkyl carbamates (subject to hydrolysis) is 1. The van der Waals surface area contributed by atoms with Crippen LogP contribution in [-0.4, -0.2) is 37.7 Å². The number of carbonyl (C=O) groups is 3. The third kappa shape index (κ3) is 7.83. The zero-order valence-electron chi connectivity index (χ0n) is 14.2. The van der Waals surface area contributed by atoms with E-state index in [9.17, 15) is 14.4 Å². The van der Waals surface area contributed by atoms with Crippen LogP contribution in [0.25, 0.3) is 0 Å². The molecule has 0 fully saturated rings. The van der Waals surface area contributed by atoms with E-state index in [1.54, 1.807) is 19.1 Å². The van der Waals surface area contributed by atoms with E-state index in [1.807, 2.05) is 24.3 Å². The van der Waals surface area contributed by atoms with Crippen LogP contribution in [0.2, 0.25) is 0 Å². The molecule has 2 N–H and O–H groups in total. The van der Waals surface area contributed by atoms with Gasteiger partial charge in [-0.3, -0.25) is 4.79 Å². The summed E-state index contributed by atoms with van der Waals surface area (Å²) in [6.45, 7) is 1.35. The lowest BCUT2D eigenvalue weighted by molar-refractivity contribution is -0.145. The smallest absolute Gasteiger partial charge is 0.407 e. The molecule has 2 atom stereocenters. The van der Waals surface area contributed by atoms with Gasteiger partial charge >= 0.3 is 12.1 Å². The molecule has 0 unspecified atom stereocenters. The summed E-state index contributed by atoms with van der Waals surface area (Å²) in [5.74, 6) is -1.67. The third-order valence-corrected chi connectivity index (χ3v) is 3.24. The van der Waals surface area contributed by atoms with Crippen LogP contribution in [0.5, 0.6) is 0 Å². The van der Waals surface area contributed by atoms with Crippen LogP contribution >= 0.6 is 0 Å². The molecule has 1 aromatic rings. The molecule has 0 aliphatic rings. The summed E-state index contributed by atoms with van der Waals surface area (Å²) in [6, 6.07) is 10.1. The van der Waals surface area contributed by atoms with Crippen molar-refractivity contribution in [2.45, 2.75) is 26.0 Å². The van der Waals surface area contributed by atoms with Crippen LogP contribution in [0.3, 0.4) is 0 Å². The number of esters is 1. The number of carbonyl (C=O) groups excluding carboxylic acids is 3. The summed E-state index contributed by atoms with van der Waals surface area (Å²) < 4.78 is 9.57. The van der Waals surface area contributed by atoms with E-state index in [4.69, 9.17) is 10.00 Å². The molecule has 0 saturated carbocycles. The first-order valence-corrected chi connectivity index (χ1v) is 7.67. The van der Waals surface area contributed by atoms with Gasteiger partial charge < -0.3 is 20.1 Å². The number of ether oxygens (including phenoxy) is 2. The van der Waals surface area contributed by atoms with E-state index in [-0.39, 0.29) is 19.6 Å². The van der Waals surface area contributed by atoms with Crippen molar-refractivity contribution in [3.8, 4) is 6.07 Å². The van der Waals surface area contributed by atoms with Gasteiger partial charge in [0.1, 0.15) is 19.2 Å². The summed E-state index contributed by atoms with van der Waals surface area (Å²) in [4.78, 5) is 35.1. The number of rotatable bonds is 8. The van der Waals surface area contributed by atoms with Gasteiger partial charge in [0.15, 0.2) is 0 Å². The van der Waals surface area contributed by atoms with E-state index in [1.165, 1.54) is 7.11 Å². The first-order valence-electron chi connectivity index (χ1n) is 7.67. The number of hydrogen-bond donors (Lipinski definition) is 2. The van der Waals surface area contributed by atoms with Crippen molar-refractivity contribution in [2.75, 3.05) is 13.7 Å². The van der Waals surface area contributed by atoms with Crippen LogP contribution in [0, 0.1) is 17.2 Å². The molecule has 134 valence electrons. The minimum atomic E-state index is -0.950. The standard InChI is InChI=1S/C17H21N3O5/c1-12(9-18)8-14(16(22)24-2)20-15(21)10-19-17(23)25-11-13-6-4-3-5-7-13/h3-7,12,14H,8,10-11H2,1-2H3,(H,19,23)(H,20,21)/t12-,14+/m1/s1. The Kier molecular flexibility index (Phi) is 8.50. The lowest BCUT2D eigenvalue weighted by Crippen LogP contribution is -2.46. The Balaban J connectivity index is 2.39. The molecule has 0 aromatic heterocycles. The van der Waals surface area contributed by atoms with Crippen molar-refractivity contribution in [2.24, 2.45) is 5.92 Å². The normalized spacial score (nSPS) is 12.2. The molecule has 0 aliphatic heterocycles. The van der Waals surface area contributed by atoms with Gasteiger partial charge in [0.05, 0.1) is 13.2 Å². The monoisotopic (exact) mass is 347 g/mol. The van der Waals surface area contributed by atoms with E-state index in [0.29, 0.717) is 0 Å². The van der Waals surface area contributed by atoms with E-state index >= 15 is 0 Å². The molecular formula is C17H21N3O5. The first-order chi connectivity index (χ1) is 12.0. The van der Waals surface area contributed by atoms with Crippen LogP contribution < -0.4 is 10.6 Å². The Labute approximate surface area is 146 Å². The number of hydrogen-bond acceptors (Lipinski definition) is 6. The molecule has 0 spiro atoms. The number of nitrogens with zero attached hydrogens (tertiary/aromatic N) is 1. The number of amides is 2. The zero-order valence-corrected chi connectivity index (χ0v) is 14.2. The van der Waals surface area contributed by atoms with Gasteiger partial charge in [0, 0.05) is 5.92 Å². The molecule has 1 aromatic carbocycles. The van der Waals surface area contributed by atoms with Crippen molar-refractivity contribution in [3.05, 3.63) is 35.9 Å². The Hall–Kier alpha value is -3.08. The number of nitriles is 1. The molecule has 0 radical (unpaired) electrons. The highest BCUT2D eigenvalue weighted by Crippen LogP contribution is 2.06. The van der Waals surface area contributed by atoms with Crippen molar-refractivity contribution < 1.29 is 23.9 Å². The average molecular weight is 347 g/mol. The summed E-state index contributed by atoms with van der Waals surface area (Å²) in [7, 11) is 1.19. The highest BCUT2D eigenvalue weighted by atomic mass is 16.5. The van der Waals surface area contributed by atoms with E-state index < -0.39 is 29.9 Å². The van der Waals surface area contributed by atoms with Gasteiger partial charge in [-0.1, -0.05) is 30.3 Å². The van der Waals surface area contributed by atoms with Gasteiger partial charge in [-0.2, -0.15) is 5.26 Å². The van der Waals surface area contributed by atoms with E-state index in [2.05, 4.69) is 15.4 Å². The first kappa shape index (κ1) is 20.0. The fraction of sp³-hybridized carbons (Fsp3) is 0.412. The molecular weight excluding hydrogens is 326 g/mol. The quantitative estimate of drug-likeness (QED) is 0.681. The second-order valence-corrected chi connectivity index (χ2v) is 5.32. The van der Waals surface area contributed by atoms with Gasteiger partial charge in [-0.25, -0.2) is 9.59 Å². The van der Waals surface area contributed by atoms with Crippen LogP contribution in [0.1, 0.15) is 18.9 Å². The van der Waals surface area contributed by atoms with Crippen molar-refractivity contribution in [3.63, 3.8) is 0 Å². The van der Waals surface area contributed by atoms with Crippen molar-refractivity contribution >= 4 is 18.0 Å². The number of nitrogens with one attached hydrogen (secondary N) is 2.